The van der Waals surface area contributed by atoms with E-state index in [1.807, 2.05) is 6.20 Å². The zero-order valence-electron chi connectivity index (χ0n) is 6.33. The van der Waals surface area contributed by atoms with E-state index in [-0.39, 0.29) is 0 Å². The van der Waals surface area contributed by atoms with Gasteiger partial charge in [-0.05, 0) is 0 Å². The Morgan fingerprint density at radius 2 is 2.10 bits per heavy atom. The molecule has 1 heterocycles. The zero-order chi connectivity index (χ0) is 7.56. The van der Waals surface area contributed by atoms with Crippen molar-refractivity contribution in [3.63, 3.8) is 0 Å². The summed E-state index contributed by atoms with van der Waals surface area (Å²) in [4.78, 5) is 4.26. The molecule has 1 nitrogen and oxygen atoms in total. The molecule has 0 N–H and O–H groups in total. The van der Waals surface area contributed by atoms with Crippen molar-refractivity contribution >= 4 is 27.8 Å². The monoisotopic (exact) mass is 235 g/mol. The van der Waals surface area contributed by atoms with Gasteiger partial charge in [-0.15, -0.1) is 0 Å². The summed E-state index contributed by atoms with van der Waals surface area (Å²) in [7, 11) is 0. The van der Waals surface area contributed by atoms with Gasteiger partial charge in [-0.3, -0.25) is 0 Å². The molecule has 50 valence electrons. The van der Waals surface area contributed by atoms with Crippen LogP contribution in [0.5, 0.6) is 0 Å². The average Bonchev–Trinajstić information content (AvgIpc) is 1.88. The average molecular weight is 235 g/mol. The van der Waals surface area contributed by atoms with Gasteiger partial charge in [0.1, 0.15) is 0 Å². The van der Waals surface area contributed by atoms with E-state index < -0.39 is 0 Å². The standard InChI is InChI=1S/C8H10N.In/c1-7(2)8-4-3-5-9-6-8;/h3-4,6-7H,1-2H3;. The number of pyridine rings is 1. The molecule has 1 aromatic rings. The van der Waals surface area contributed by atoms with Crippen LogP contribution < -0.4 is 3.45 Å². The Morgan fingerprint density at radius 3 is 2.50 bits per heavy atom. The van der Waals surface area contributed by atoms with Crippen LogP contribution in [0.25, 0.3) is 0 Å². The third-order valence-electron chi connectivity index (χ3n) is 1.48. The van der Waals surface area contributed by atoms with E-state index in [4.69, 9.17) is 0 Å². The predicted molar refractivity (Wildman–Crippen MR) is 43.7 cm³/mol. The van der Waals surface area contributed by atoms with Crippen LogP contribution in [0.1, 0.15) is 25.3 Å². The van der Waals surface area contributed by atoms with Crippen LogP contribution in [0, 0.1) is 0 Å². The summed E-state index contributed by atoms with van der Waals surface area (Å²) in [6.45, 7) is 4.37. The van der Waals surface area contributed by atoms with Gasteiger partial charge in [0.25, 0.3) is 0 Å². The summed E-state index contributed by atoms with van der Waals surface area (Å²) in [5.41, 5.74) is 1.33. The van der Waals surface area contributed by atoms with Crippen molar-refractivity contribution in [3.05, 3.63) is 23.9 Å². The maximum atomic E-state index is 4.26. The Bertz CT molecular complexity index is 203. The first-order valence-corrected chi connectivity index (χ1v) is 5.06. The fraction of sp³-hybridized carbons (Fsp3) is 0.375. The third kappa shape index (κ3) is 2.01. The van der Waals surface area contributed by atoms with Crippen LogP contribution >= 0.6 is 0 Å². The maximum absolute atomic E-state index is 4.26. The molecule has 0 aliphatic heterocycles. The van der Waals surface area contributed by atoms with Crippen LogP contribution in [-0.4, -0.2) is 29.4 Å². The van der Waals surface area contributed by atoms with Crippen LogP contribution in [-0.2, 0) is 0 Å². The van der Waals surface area contributed by atoms with Crippen molar-refractivity contribution in [3.8, 4) is 0 Å². The van der Waals surface area contributed by atoms with Crippen LogP contribution in [0.4, 0.5) is 0 Å². The summed E-state index contributed by atoms with van der Waals surface area (Å²) < 4.78 is 1.22. The van der Waals surface area contributed by atoms with Crippen LogP contribution in [0.15, 0.2) is 18.3 Å². The van der Waals surface area contributed by atoms with Gasteiger partial charge in [0.15, 0.2) is 0 Å². The van der Waals surface area contributed by atoms with E-state index in [1.54, 1.807) is 0 Å². The molecule has 0 aliphatic rings. The zero-order valence-corrected chi connectivity index (χ0v) is 9.63. The number of rotatable bonds is 1. The van der Waals surface area contributed by atoms with Gasteiger partial charge in [-0.25, -0.2) is 0 Å². The SMILES string of the molecule is CC(C)c1cc[c]([In])nc1. The van der Waals surface area contributed by atoms with E-state index in [0.29, 0.717) is 5.92 Å². The molecule has 0 saturated carbocycles. The Kier molecular flexibility index (Phi) is 2.78. The van der Waals surface area contributed by atoms with Gasteiger partial charge in [0.2, 0.25) is 0 Å². The van der Waals surface area contributed by atoms with E-state index >= 15 is 0 Å². The number of hydrogen-bond donors (Lipinski definition) is 0. The fourth-order valence-electron chi connectivity index (χ4n) is 0.758. The Morgan fingerprint density at radius 1 is 1.40 bits per heavy atom. The molecule has 10 heavy (non-hydrogen) atoms. The number of nitrogens with zero attached hydrogens (tertiary/aromatic N) is 1. The van der Waals surface area contributed by atoms with Crippen molar-refractivity contribution in [2.24, 2.45) is 0 Å². The first kappa shape index (κ1) is 8.12. The van der Waals surface area contributed by atoms with Gasteiger partial charge in [-0.2, -0.15) is 0 Å². The second kappa shape index (κ2) is 3.42. The normalized spacial score (nSPS) is 10.3. The Balaban J connectivity index is 2.89. The molecule has 0 bridgehead atoms. The molecule has 1 aromatic heterocycles. The summed E-state index contributed by atoms with van der Waals surface area (Å²) in [5.74, 6) is 0.605. The van der Waals surface area contributed by atoms with Crippen molar-refractivity contribution in [2.75, 3.05) is 0 Å². The molecule has 0 aliphatic carbocycles. The number of aromatic nitrogens is 1. The number of hydrogen-bond acceptors (Lipinski definition) is 1. The van der Waals surface area contributed by atoms with Crippen molar-refractivity contribution in [1.29, 1.82) is 0 Å². The van der Waals surface area contributed by atoms with Crippen LogP contribution in [0.3, 0.4) is 0 Å². The summed E-state index contributed by atoms with van der Waals surface area (Å²) >= 11 is 1.12. The van der Waals surface area contributed by atoms with Crippen LogP contribution in [0.2, 0.25) is 0 Å². The minimum atomic E-state index is 0.605. The van der Waals surface area contributed by atoms with E-state index in [9.17, 15) is 0 Å². The van der Waals surface area contributed by atoms with Gasteiger partial charge in [0.05, 0.1) is 0 Å². The molecule has 0 unspecified atom stereocenters. The van der Waals surface area contributed by atoms with E-state index in [2.05, 4.69) is 31.0 Å². The molecule has 2 heteroatoms. The molecule has 0 saturated heterocycles. The minimum absolute atomic E-state index is 0.605. The van der Waals surface area contributed by atoms with E-state index in [0.717, 1.165) is 24.4 Å². The van der Waals surface area contributed by atoms with Crippen molar-refractivity contribution < 1.29 is 0 Å². The summed E-state index contributed by atoms with van der Waals surface area (Å²) in [6, 6.07) is 4.27. The molecule has 2 radical (unpaired) electrons. The molecular formula is C8H10InN. The van der Waals surface area contributed by atoms with Crippen molar-refractivity contribution in [1.82, 2.24) is 4.98 Å². The topological polar surface area (TPSA) is 12.9 Å². The fourth-order valence-corrected chi connectivity index (χ4v) is 1.25. The quantitative estimate of drug-likeness (QED) is 0.707. The van der Waals surface area contributed by atoms with Gasteiger partial charge in [-0.1, -0.05) is 0 Å². The summed E-state index contributed by atoms with van der Waals surface area (Å²) in [6.07, 6.45) is 1.98. The van der Waals surface area contributed by atoms with Gasteiger partial charge in [0, 0.05) is 0 Å². The molecule has 1 rings (SSSR count). The molecule has 0 amide bonds. The van der Waals surface area contributed by atoms with Gasteiger partial charge >= 0.3 is 76.5 Å². The first-order chi connectivity index (χ1) is 4.70. The van der Waals surface area contributed by atoms with Crippen molar-refractivity contribution in [2.45, 2.75) is 19.8 Å². The van der Waals surface area contributed by atoms with E-state index in [1.165, 1.54) is 9.01 Å². The first-order valence-electron chi connectivity index (χ1n) is 3.41. The predicted octanol–water partition coefficient (Wildman–Crippen LogP) is 0.999. The Hall–Kier alpha value is 0.0201. The third-order valence-corrected chi connectivity index (χ3v) is 2.45. The molecule has 0 aromatic carbocycles. The molecule has 0 fully saturated rings. The molecule has 0 atom stereocenters. The molecular weight excluding hydrogens is 225 g/mol. The van der Waals surface area contributed by atoms with Gasteiger partial charge < -0.3 is 0 Å². The second-order valence-corrected chi connectivity index (χ2v) is 4.36. The molecule has 0 spiro atoms. The summed E-state index contributed by atoms with van der Waals surface area (Å²) in [5, 5.41) is 0. The Labute approximate surface area is 76.4 Å². The second-order valence-electron chi connectivity index (χ2n) is 2.67.